The lowest BCUT2D eigenvalue weighted by Crippen LogP contribution is -2.08. The third kappa shape index (κ3) is 3.62. The zero-order valence-corrected chi connectivity index (χ0v) is 12.8. The third-order valence-electron chi connectivity index (χ3n) is 2.92. The van der Waals surface area contributed by atoms with E-state index in [1.165, 1.54) is 0 Å². The van der Waals surface area contributed by atoms with Gasteiger partial charge in [0.15, 0.2) is 0 Å². The second-order valence-corrected chi connectivity index (χ2v) is 5.66. The monoisotopic (exact) mass is 319 g/mol. The summed E-state index contributed by atoms with van der Waals surface area (Å²) in [6.45, 7) is 1.42. The topological polar surface area (TPSA) is 47.0 Å². The van der Waals surface area contributed by atoms with Crippen molar-refractivity contribution < 1.29 is 4.74 Å². The third-order valence-corrected chi connectivity index (χ3v) is 3.90. The maximum Gasteiger partial charge on any atom is 0.225 e. The van der Waals surface area contributed by atoms with Crippen molar-refractivity contribution in [2.45, 2.75) is 6.42 Å². The van der Waals surface area contributed by atoms with Crippen molar-refractivity contribution in [2.24, 2.45) is 0 Å². The van der Waals surface area contributed by atoms with E-state index in [9.17, 15) is 0 Å². The lowest BCUT2D eigenvalue weighted by molar-refractivity contribution is 0.315. The van der Waals surface area contributed by atoms with Gasteiger partial charge < -0.3 is 10.1 Å². The summed E-state index contributed by atoms with van der Waals surface area (Å²) in [5, 5.41) is 6.56. The molecule has 4 nitrogen and oxygen atoms in total. The van der Waals surface area contributed by atoms with Crippen molar-refractivity contribution in [3.63, 3.8) is 0 Å². The number of para-hydroxylation sites is 1. The van der Waals surface area contributed by atoms with E-state index in [1.54, 1.807) is 11.3 Å². The fraction of sp³-hybridized carbons (Fsp3) is 0.200. The van der Waals surface area contributed by atoms with Crippen LogP contribution in [-0.2, 0) is 0 Å². The average molecular weight is 320 g/mol. The predicted octanol–water partition coefficient (Wildman–Crippen LogP) is 4.23. The predicted molar refractivity (Wildman–Crippen MR) is 87.5 cm³/mol. The van der Waals surface area contributed by atoms with E-state index in [0.29, 0.717) is 6.61 Å². The maximum absolute atomic E-state index is 5.92. The van der Waals surface area contributed by atoms with E-state index in [-0.39, 0.29) is 5.28 Å². The molecule has 0 atom stereocenters. The highest BCUT2D eigenvalue weighted by atomic mass is 35.5. The van der Waals surface area contributed by atoms with Crippen molar-refractivity contribution in [3.8, 4) is 5.75 Å². The normalized spacial score (nSPS) is 10.7. The van der Waals surface area contributed by atoms with E-state index in [2.05, 4.69) is 15.3 Å². The summed E-state index contributed by atoms with van der Waals surface area (Å²) >= 11 is 7.48. The lowest BCUT2D eigenvalue weighted by atomic mass is 10.3. The number of hydrogen-bond donors (Lipinski definition) is 1. The Bertz CT molecular complexity index is 717. The Labute approximate surface area is 131 Å². The van der Waals surface area contributed by atoms with E-state index in [4.69, 9.17) is 16.3 Å². The Hall–Kier alpha value is -1.85. The van der Waals surface area contributed by atoms with Gasteiger partial charge in [-0.1, -0.05) is 18.2 Å². The highest BCUT2D eigenvalue weighted by molar-refractivity contribution is 7.16. The van der Waals surface area contributed by atoms with Gasteiger partial charge in [-0.3, -0.25) is 0 Å². The molecule has 0 aliphatic heterocycles. The molecule has 0 unspecified atom stereocenters. The molecule has 0 aliphatic rings. The van der Waals surface area contributed by atoms with Crippen LogP contribution in [0.15, 0.2) is 41.8 Å². The Morgan fingerprint density at radius 2 is 2.00 bits per heavy atom. The number of nitrogens with one attached hydrogen (secondary N) is 1. The molecule has 21 heavy (non-hydrogen) atoms. The maximum atomic E-state index is 5.92. The largest absolute Gasteiger partial charge is 0.494 e. The molecule has 0 amide bonds. The summed E-state index contributed by atoms with van der Waals surface area (Å²) in [4.78, 5) is 9.33. The van der Waals surface area contributed by atoms with Gasteiger partial charge in [0.25, 0.3) is 0 Å². The number of aromatic nitrogens is 2. The first-order valence-electron chi connectivity index (χ1n) is 6.65. The number of halogens is 1. The second-order valence-electron chi connectivity index (χ2n) is 4.42. The Morgan fingerprint density at radius 1 is 1.14 bits per heavy atom. The number of ether oxygens (including phenoxy) is 1. The van der Waals surface area contributed by atoms with E-state index in [0.717, 1.165) is 34.7 Å². The molecule has 3 rings (SSSR count). The minimum atomic E-state index is 0.271. The lowest BCUT2D eigenvalue weighted by Gasteiger charge is -2.08. The van der Waals surface area contributed by atoms with Gasteiger partial charge in [-0.15, -0.1) is 11.3 Å². The molecule has 2 aromatic heterocycles. The molecule has 1 aromatic carbocycles. The van der Waals surface area contributed by atoms with Crippen molar-refractivity contribution in [3.05, 3.63) is 47.1 Å². The second kappa shape index (κ2) is 6.74. The van der Waals surface area contributed by atoms with Gasteiger partial charge >= 0.3 is 0 Å². The number of hydrogen-bond acceptors (Lipinski definition) is 5. The smallest absolute Gasteiger partial charge is 0.225 e. The van der Waals surface area contributed by atoms with Crippen molar-refractivity contribution in [1.82, 2.24) is 9.97 Å². The van der Waals surface area contributed by atoms with Crippen LogP contribution in [-0.4, -0.2) is 23.1 Å². The van der Waals surface area contributed by atoms with Crippen molar-refractivity contribution >= 4 is 39.0 Å². The molecule has 2 heterocycles. The van der Waals surface area contributed by atoms with Crippen LogP contribution in [0.4, 0.5) is 5.82 Å². The molecular formula is C15H14ClN3OS. The summed E-state index contributed by atoms with van der Waals surface area (Å²) in [6, 6.07) is 11.8. The zero-order chi connectivity index (χ0) is 14.5. The minimum absolute atomic E-state index is 0.271. The Balaban J connectivity index is 1.52. The summed E-state index contributed by atoms with van der Waals surface area (Å²) in [6.07, 6.45) is 0.877. The molecule has 0 aliphatic carbocycles. The van der Waals surface area contributed by atoms with Crippen molar-refractivity contribution in [2.75, 3.05) is 18.5 Å². The van der Waals surface area contributed by atoms with Gasteiger partial charge in [-0.05, 0) is 41.6 Å². The molecule has 6 heteroatoms. The van der Waals surface area contributed by atoms with Gasteiger partial charge in [0, 0.05) is 6.54 Å². The first kappa shape index (κ1) is 14.1. The molecule has 0 fully saturated rings. The number of fused-ring (bicyclic) bond motifs is 1. The van der Waals surface area contributed by atoms with Gasteiger partial charge in [-0.2, -0.15) is 0 Å². The quantitative estimate of drug-likeness (QED) is 0.545. The molecule has 0 radical (unpaired) electrons. The number of thiophene rings is 1. The molecular weight excluding hydrogens is 306 g/mol. The number of anilines is 1. The van der Waals surface area contributed by atoms with Gasteiger partial charge in [0.1, 0.15) is 16.4 Å². The summed E-state index contributed by atoms with van der Waals surface area (Å²) in [5.41, 5.74) is 0. The van der Waals surface area contributed by atoms with Crippen LogP contribution in [0.5, 0.6) is 5.75 Å². The SMILES string of the molecule is Clc1nc(NCCCOc2ccccc2)c2ccsc2n1. The van der Waals surface area contributed by atoms with Crippen LogP contribution in [0, 0.1) is 0 Å². The van der Waals surface area contributed by atoms with E-state index >= 15 is 0 Å². The molecule has 3 aromatic rings. The standard InChI is InChI=1S/C15H14ClN3OS/c16-15-18-13(12-7-10-21-14(12)19-15)17-8-4-9-20-11-5-2-1-3-6-11/h1-3,5-7,10H,4,8-9H2,(H,17,18,19). The first-order chi connectivity index (χ1) is 10.3. The molecule has 0 spiro atoms. The molecule has 0 saturated carbocycles. The average Bonchev–Trinajstić information content (AvgIpc) is 2.96. The zero-order valence-electron chi connectivity index (χ0n) is 11.3. The fourth-order valence-electron chi connectivity index (χ4n) is 1.95. The highest BCUT2D eigenvalue weighted by Gasteiger charge is 2.07. The van der Waals surface area contributed by atoms with Crippen LogP contribution in [0.2, 0.25) is 5.28 Å². The number of rotatable bonds is 6. The van der Waals surface area contributed by atoms with Crippen LogP contribution in [0.25, 0.3) is 10.2 Å². The van der Waals surface area contributed by atoms with E-state index < -0.39 is 0 Å². The van der Waals surface area contributed by atoms with Gasteiger partial charge in [-0.25, -0.2) is 9.97 Å². The van der Waals surface area contributed by atoms with Crippen LogP contribution < -0.4 is 10.1 Å². The first-order valence-corrected chi connectivity index (χ1v) is 7.91. The molecule has 1 N–H and O–H groups in total. The minimum Gasteiger partial charge on any atom is -0.494 e. The summed E-state index contributed by atoms with van der Waals surface area (Å²) < 4.78 is 5.64. The van der Waals surface area contributed by atoms with E-state index in [1.807, 2.05) is 41.8 Å². The number of nitrogens with zero attached hydrogens (tertiary/aromatic N) is 2. The molecule has 0 bridgehead atoms. The van der Waals surface area contributed by atoms with Crippen LogP contribution in [0.1, 0.15) is 6.42 Å². The Kier molecular flexibility index (Phi) is 4.52. The van der Waals surface area contributed by atoms with Crippen LogP contribution in [0.3, 0.4) is 0 Å². The Morgan fingerprint density at radius 3 is 2.86 bits per heavy atom. The van der Waals surface area contributed by atoms with Gasteiger partial charge in [0.2, 0.25) is 5.28 Å². The van der Waals surface area contributed by atoms with Gasteiger partial charge in [0.05, 0.1) is 12.0 Å². The number of benzene rings is 1. The fourth-order valence-corrected chi connectivity index (χ4v) is 2.93. The molecule has 108 valence electrons. The van der Waals surface area contributed by atoms with Crippen LogP contribution >= 0.6 is 22.9 Å². The van der Waals surface area contributed by atoms with Crippen molar-refractivity contribution in [1.29, 1.82) is 0 Å². The summed E-state index contributed by atoms with van der Waals surface area (Å²) in [5.74, 6) is 1.67. The summed E-state index contributed by atoms with van der Waals surface area (Å²) in [7, 11) is 0. The highest BCUT2D eigenvalue weighted by Crippen LogP contribution is 2.26. The molecule has 0 saturated heterocycles.